The zero-order valence-corrected chi connectivity index (χ0v) is 11.9. The number of ketones is 1. The van der Waals surface area contributed by atoms with E-state index in [1.807, 2.05) is 6.07 Å². The van der Waals surface area contributed by atoms with Gasteiger partial charge in [0.1, 0.15) is 6.10 Å². The number of fused-ring (bicyclic) bond motifs is 1. The summed E-state index contributed by atoms with van der Waals surface area (Å²) in [4.78, 5) is 36.2. The Labute approximate surface area is 127 Å². The van der Waals surface area contributed by atoms with Crippen LogP contribution in [0.15, 0.2) is 30.3 Å². The van der Waals surface area contributed by atoms with Gasteiger partial charge < -0.3 is 9.47 Å². The van der Waals surface area contributed by atoms with E-state index in [-0.39, 0.29) is 42.2 Å². The lowest BCUT2D eigenvalue weighted by molar-refractivity contribution is -0.154. The van der Waals surface area contributed by atoms with Crippen molar-refractivity contribution in [2.45, 2.75) is 18.9 Å². The van der Waals surface area contributed by atoms with E-state index in [2.05, 4.69) is 0 Å². The molecular formula is C17H16O5. The summed E-state index contributed by atoms with van der Waals surface area (Å²) in [5, 5.41) is 0. The van der Waals surface area contributed by atoms with Gasteiger partial charge in [0.25, 0.3) is 0 Å². The lowest BCUT2D eigenvalue weighted by Gasteiger charge is -2.22. The molecule has 22 heavy (non-hydrogen) atoms. The predicted octanol–water partition coefficient (Wildman–Crippen LogP) is 1.61. The van der Waals surface area contributed by atoms with Gasteiger partial charge in [0.05, 0.1) is 11.8 Å². The van der Waals surface area contributed by atoms with Gasteiger partial charge >= 0.3 is 11.9 Å². The normalized spacial score (nSPS) is 34.5. The molecule has 2 aliphatic carbocycles. The zero-order valence-electron chi connectivity index (χ0n) is 11.9. The number of hydrogen-bond donors (Lipinski definition) is 0. The minimum absolute atomic E-state index is 0.00231. The SMILES string of the molecule is O=C(COC(=O)[C@@H]1[C@@H]2C[C@@H]3[C@H]1C(=O)O[C@@H]3C2)c1ccccc1. The largest absolute Gasteiger partial charge is 0.462 e. The van der Waals surface area contributed by atoms with E-state index in [1.165, 1.54) is 0 Å². The Balaban J connectivity index is 1.41. The van der Waals surface area contributed by atoms with E-state index >= 15 is 0 Å². The molecule has 1 aromatic carbocycles. The van der Waals surface area contributed by atoms with Crippen molar-refractivity contribution >= 4 is 17.7 Å². The zero-order chi connectivity index (χ0) is 15.3. The number of Topliss-reactive ketones (excluding diaryl/α,β-unsaturated/α-hetero) is 1. The molecule has 0 radical (unpaired) electrons. The molecule has 1 aliphatic heterocycles. The van der Waals surface area contributed by atoms with E-state index in [9.17, 15) is 14.4 Å². The first-order valence-corrected chi connectivity index (χ1v) is 7.60. The van der Waals surface area contributed by atoms with Gasteiger partial charge in [-0.15, -0.1) is 0 Å². The minimum atomic E-state index is -0.431. The number of carbonyl (C=O) groups is 3. The van der Waals surface area contributed by atoms with Crippen LogP contribution in [0.3, 0.4) is 0 Å². The number of esters is 2. The molecule has 0 spiro atoms. The van der Waals surface area contributed by atoms with Crippen molar-refractivity contribution < 1.29 is 23.9 Å². The van der Waals surface area contributed by atoms with E-state index < -0.39 is 11.9 Å². The smallest absolute Gasteiger partial charge is 0.310 e. The third kappa shape index (κ3) is 1.95. The molecule has 1 saturated heterocycles. The monoisotopic (exact) mass is 300 g/mol. The van der Waals surface area contributed by atoms with Crippen molar-refractivity contribution in [2.75, 3.05) is 6.61 Å². The van der Waals surface area contributed by atoms with Crippen LogP contribution in [-0.2, 0) is 19.1 Å². The fourth-order valence-electron chi connectivity index (χ4n) is 4.27. The fourth-order valence-corrected chi connectivity index (χ4v) is 4.27. The van der Waals surface area contributed by atoms with Crippen LogP contribution in [0.25, 0.3) is 0 Å². The standard InChI is InChI=1S/C17H16O5/c18-12(9-4-2-1-3-5-9)8-21-16(19)14-10-6-11-13(7-10)22-17(20)15(11)14/h1-5,10-11,13-15H,6-8H2/t10-,11+,13-,14-,15-/m1/s1. The Morgan fingerprint density at radius 1 is 1.18 bits per heavy atom. The van der Waals surface area contributed by atoms with Crippen LogP contribution in [0.5, 0.6) is 0 Å². The highest BCUT2D eigenvalue weighted by Gasteiger charge is 2.64. The van der Waals surface area contributed by atoms with E-state index in [4.69, 9.17) is 9.47 Å². The molecule has 3 fully saturated rings. The van der Waals surface area contributed by atoms with Gasteiger partial charge in [-0.25, -0.2) is 0 Å². The van der Waals surface area contributed by atoms with Crippen molar-refractivity contribution in [1.82, 2.24) is 0 Å². The lowest BCUT2D eigenvalue weighted by atomic mass is 9.80. The maximum absolute atomic E-state index is 12.3. The second-order valence-electron chi connectivity index (χ2n) is 6.32. The summed E-state index contributed by atoms with van der Waals surface area (Å²) in [7, 11) is 0. The summed E-state index contributed by atoms with van der Waals surface area (Å²) in [6.07, 6.45) is 1.60. The molecule has 114 valence electrons. The van der Waals surface area contributed by atoms with Crippen LogP contribution in [0.1, 0.15) is 23.2 Å². The second kappa shape index (κ2) is 4.93. The Morgan fingerprint density at radius 3 is 2.73 bits per heavy atom. The third-order valence-electron chi connectivity index (χ3n) is 5.20. The minimum Gasteiger partial charge on any atom is -0.462 e. The van der Waals surface area contributed by atoms with Gasteiger partial charge in [-0.1, -0.05) is 30.3 Å². The first-order chi connectivity index (χ1) is 10.6. The number of rotatable bonds is 4. The van der Waals surface area contributed by atoms with Crippen molar-refractivity contribution in [3.63, 3.8) is 0 Å². The quantitative estimate of drug-likeness (QED) is 0.624. The molecule has 2 saturated carbocycles. The molecule has 5 heteroatoms. The fraction of sp³-hybridized carbons (Fsp3) is 0.471. The molecule has 5 nitrogen and oxygen atoms in total. The lowest BCUT2D eigenvalue weighted by Crippen LogP contribution is -2.34. The molecular weight excluding hydrogens is 284 g/mol. The number of carbonyl (C=O) groups excluding carboxylic acids is 3. The van der Waals surface area contributed by atoms with Gasteiger partial charge in [-0.3, -0.25) is 14.4 Å². The highest BCUT2D eigenvalue weighted by molar-refractivity contribution is 5.98. The highest BCUT2D eigenvalue weighted by atomic mass is 16.6. The first kappa shape index (κ1) is 13.5. The van der Waals surface area contributed by atoms with Crippen LogP contribution in [0, 0.1) is 23.7 Å². The van der Waals surface area contributed by atoms with E-state index in [1.54, 1.807) is 24.3 Å². The van der Waals surface area contributed by atoms with Crippen LogP contribution < -0.4 is 0 Å². The first-order valence-electron chi connectivity index (χ1n) is 7.60. The van der Waals surface area contributed by atoms with E-state index in [0.29, 0.717) is 5.56 Å². The molecule has 1 heterocycles. The maximum atomic E-state index is 12.3. The van der Waals surface area contributed by atoms with Gasteiger partial charge in [0.2, 0.25) is 0 Å². The Morgan fingerprint density at radius 2 is 1.95 bits per heavy atom. The number of hydrogen-bond acceptors (Lipinski definition) is 5. The maximum Gasteiger partial charge on any atom is 0.310 e. The van der Waals surface area contributed by atoms with Crippen molar-refractivity contribution in [3.05, 3.63) is 35.9 Å². The van der Waals surface area contributed by atoms with Gasteiger partial charge in [-0.05, 0) is 18.8 Å². The molecule has 1 aromatic rings. The number of ether oxygens (including phenoxy) is 2. The van der Waals surface area contributed by atoms with Crippen LogP contribution >= 0.6 is 0 Å². The molecule has 0 aromatic heterocycles. The number of benzene rings is 1. The summed E-state index contributed by atoms with van der Waals surface area (Å²) >= 11 is 0. The third-order valence-corrected chi connectivity index (χ3v) is 5.20. The Bertz CT molecular complexity index is 636. The van der Waals surface area contributed by atoms with Crippen molar-refractivity contribution in [2.24, 2.45) is 23.7 Å². The predicted molar refractivity (Wildman–Crippen MR) is 74.8 cm³/mol. The average Bonchev–Trinajstić information content (AvgIpc) is 3.15. The molecule has 4 rings (SSSR count). The molecule has 5 atom stereocenters. The van der Waals surface area contributed by atoms with Crippen molar-refractivity contribution in [1.29, 1.82) is 0 Å². The molecule has 0 N–H and O–H groups in total. The van der Waals surface area contributed by atoms with Gasteiger partial charge in [0, 0.05) is 11.5 Å². The molecule has 0 unspecified atom stereocenters. The average molecular weight is 300 g/mol. The van der Waals surface area contributed by atoms with Crippen LogP contribution in [0.4, 0.5) is 0 Å². The van der Waals surface area contributed by atoms with Gasteiger partial charge in [0.15, 0.2) is 12.4 Å². The van der Waals surface area contributed by atoms with Crippen molar-refractivity contribution in [3.8, 4) is 0 Å². The second-order valence-corrected chi connectivity index (χ2v) is 6.32. The summed E-state index contributed by atoms with van der Waals surface area (Å²) in [5.74, 6) is -1.40. The highest BCUT2D eigenvalue weighted by Crippen LogP contribution is 2.57. The summed E-state index contributed by atoms with van der Waals surface area (Å²) < 4.78 is 10.5. The van der Waals surface area contributed by atoms with E-state index in [0.717, 1.165) is 12.8 Å². The molecule has 3 aliphatic rings. The van der Waals surface area contributed by atoms with Gasteiger partial charge in [-0.2, -0.15) is 0 Å². The van der Waals surface area contributed by atoms with Crippen LogP contribution in [-0.4, -0.2) is 30.4 Å². The Kier molecular flexibility index (Phi) is 3.03. The Hall–Kier alpha value is -2.17. The summed E-state index contributed by atoms with van der Waals surface area (Å²) in [6.45, 7) is -0.276. The molecule has 2 bridgehead atoms. The molecule has 0 amide bonds. The summed E-state index contributed by atoms with van der Waals surface area (Å²) in [5.41, 5.74) is 0.517. The topological polar surface area (TPSA) is 69.7 Å². The van der Waals surface area contributed by atoms with Crippen LogP contribution in [0.2, 0.25) is 0 Å². The summed E-state index contributed by atoms with van der Waals surface area (Å²) in [6, 6.07) is 8.72.